The molecule has 1 rings (SSSR count). The van der Waals surface area contributed by atoms with Crippen LogP contribution in [-0.4, -0.2) is 42.4 Å². The van der Waals surface area contributed by atoms with Gasteiger partial charge in [0.05, 0.1) is 0 Å². The summed E-state index contributed by atoms with van der Waals surface area (Å²) >= 11 is 0. The molecule has 0 spiro atoms. The van der Waals surface area contributed by atoms with Crippen LogP contribution in [0.2, 0.25) is 0 Å². The molecule has 0 fully saturated rings. The van der Waals surface area contributed by atoms with E-state index >= 15 is 0 Å². The zero-order valence-electron chi connectivity index (χ0n) is 15.1. The first-order chi connectivity index (χ1) is 11.6. The second-order valence-electron chi connectivity index (χ2n) is 6.33. The van der Waals surface area contributed by atoms with Crippen LogP contribution in [0.3, 0.4) is 0 Å². The fourth-order valence-electron chi connectivity index (χ4n) is 1.69. The van der Waals surface area contributed by atoms with Gasteiger partial charge in [-0.1, -0.05) is 30.3 Å². The monoisotopic (exact) mass is 357 g/mol. The van der Waals surface area contributed by atoms with Crippen molar-refractivity contribution in [1.29, 1.82) is 0 Å². The Labute approximate surface area is 146 Å². The van der Waals surface area contributed by atoms with Gasteiger partial charge in [-0.15, -0.1) is 5.06 Å². The van der Waals surface area contributed by atoms with Gasteiger partial charge < -0.3 is 14.2 Å². The number of esters is 1. The van der Waals surface area contributed by atoms with Crippen LogP contribution in [0.25, 0.3) is 0 Å². The summed E-state index contributed by atoms with van der Waals surface area (Å²) in [6, 6.07) is 8.75. The molecule has 0 aliphatic rings. The molecule has 0 unspecified atom stereocenters. The number of hydrogen-bond acceptors (Lipinski definition) is 6. The third kappa shape index (κ3) is 6.67. The highest BCUT2D eigenvalue weighted by Gasteiger charge is 2.48. The van der Waals surface area contributed by atoms with Gasteiger partial charge in [-0.25, -0.2) is 18.8 Å². The van der Waals surface area contributed by atoms with Crippen molar-refractivity contribution in [2.75, 3.05) is 13.9 Å². The van der Waals surface area contributed by atoms with Gasteiger partial charge in [0, 0.05) is 14.0 Å². The fraction of sp³-hybridized carbons (Fsp3) is 0.529. The first kappa shape index (κ1) is 20.9. The van der Waals surface area contributed by atoms with Gasteiger partial charge in [-0.3, -0.25) is 0 Å². The van der Waals surface area contributed by atoms with Crippen molar-refractivity contribution in [3.63, 3.8) is 0 Å². The molecule has 0 heterocycles. The third-order valence-electron chi connectivity index (χ3n) is 2.83. The van der Waals surface area contributed by atoms with Gasteiger partial charge >= 0.3 is 17.9 Å². The molecule has 0 saturated heterocycles. The molecule has 0 aromatic heterocycles. The number of halogens is 1. The lowest BCUT2D eigenvalue weighted by molar-refractivity contribution is -0.273. The largest absolute Gasteiger partial charge is 0.457 e. The minimum atomic E-state index is -2.91. The Bertz CT molecular complexity index is 570. The zero-order chi connectivity index (χ0) is 19.1. The topological polar surface area (TPSA) is 74.3 Å². The molecule has 0 radical (unpaired) electrons. The van der Waals surface area contributed by atoms with Crippen LogP contribution in [-0.2, 0) is 30.4 Å². The minimum absolute atomic E-state index is 0.147. The van der Waals surface area contributed by atoms with E-state index < -0.39 is 30.2 Å². The summed E-state index contributed by atoms with van der Waals surface area (Å²) in [4.78, 5) is 29.2. The highest BCUT2D eigenvalue weighted by Crippen LogP contribution is 2.23. The van der Waals surface area contributed by atoms with Crippen LogP contribution in [0.4, 0.5) is 9.18 Å². The number of ether oxygens (including phenoxy) is 3. The number of carbonyl (C=O) groups excluding carboxylic acids is 2. The lowest BCUT2D eigenvalue weighted by Crippen LogP contribution is -2.54. The molecule has 25 heavy (non-hydrogen) atoms. The van der Waals surface area contributed by atoms with E-state index in [2.05, 4.69) is 4.74 Å². The smallest absolute Gasteiger partial charge is 0.438 e. The molecule has 8 heteroatoms. The Kier molecular flexibility index (Phi) is 7.32. The number of methoxy groups -OCH3 is 1. The maximum atomic E-state index is 15.0. The van der Waals surface area contributed by atoms with Crippen LogP contribution in [0.1, 0.15) is 33.3 Å². The van der Waals surface area contributed by atoms with Crippen LogP contribution in [0.15, 0.2) is 30.3 Å². The van der Waals surface area contributed by atoms with Gasteiger partial charge in [-0.05, 0) is 26.3 Å². The average Bonchev–Trinajstić information content (AvgIpc) is 2.52. The number of benzene rings is 1. The summed E-state index contributed by atoms with van der Waals surface area (Å²) in [5.74, 6) is -4.20. The molecule has 1 aromatic rings. The van der Waals surface area contributed by atoms with Crippen LogP contribution in [0, 0.1) is 0 Å². The maximum Gasteiger partial charge on any atom is 0.438 e. The molecule has 1 atom stereocenters. The van der Waals surface area contributed by atoms with Crippen molar-refractivity contribution in [1.82, 2.24) is 5.06 Å². The first-order valence-electron chi connectivity index (χ1n) is 7.63. The van der Waals surface area contributed by atoms with E-state index in [4.69, 9.17) is 14.3 Å². The van der Waals surface area contributed by atoms with Crippen molar-refractivity contribution in [3.05, 3.63) is 35.9 Å². The number of carbonyl (C=O) groups is 2. The first-order valence-corrected chi connectivity index (χ1v) is 7.63. The lowest BCUT2D eigenvalue weighted by Gasteiger charge is -2.32. The molecule has 1 aromatic carbocycles. The summed E-state index contributed by atoms with van der Waals surface area (Å²) in [6.07, 6.45) is -1.17. The van der Waals surface area contributed by atoms with E-state index in [1.165, 1.54) is 7.11 Å². The van der Waals surface area contributed by atoms with Crippen molar-refractivity contribution in [2.45, 2.75) is 45.7 Å². The SMILES string of the molecule is COCON(C(=O)OC(C)(C)C)[C@@](C)(F)C(=O)OCc1ccccc1. The molecule has 0 aliphatic carbocycles. The summed E-state index contributed by atoms with van der Waals surface area (Å²) in [7, 11) is 1.29. The van der Waals surface area contributed by atoms with E-state index in [9.17, 15) is 14.0 Å². The van der Waals surface area contributed by atoms with Crippen molar-refractivity contribution in [3.8, 4) is 0 Å². The van der Waals surface area contributed by atoms with Crippen molar-refractivity contribution >= 4 is 12.1 Å². The summed E-state index contributed by atoms with van der Waals surface area (Å²) in [6.45, 7) is 5.05. The molecule has 1 amide bonds. The van der Waals surface area contributed by atoms with Crippen molar-refractivity contribution in [2.24, 2.45) is 0 Å². The Morgan fingerprint density at radius 3 is 2.24 bits per heavy atom. The summed E-state index contributed by atoms with van der Waals surface area (Å²) < 4.78 is 29.6. The Hall–Kier alpha value is -2.19. The Balaban J connectivity index is 2.85. The van der Waals surface area contributed by atoms with Crippen LogP contribution in [0.5, 0.6) is 0 Å². The summed E-state index contributed by atoms with van der Waals surface area (Å²) in [5.41, 5.74) is -0.233. The fourth-order valence-corrected chi connectivity index (χ4v) is 1.69. The number of rotatable bonds is 7. The predicted octanol–water partition coefficient (Wildman–Crippen LogP) is 3.19. The highest BCUT2D eigenvalue weighted by atomic mass is 19.1. The molecule has 0 N–H and O–H groups in total. The standard InChI is InChI=1S/C17H24FNO6/c1-16(2,3)25-15(21)19(24-12-22-5)17(4,18)14(20)23-11-13-9-7-6-8-10-13/h6-10H,11-12H2,1-5H3/t17-/m1/s1. The van der Waals surface area contributed by atoms with Gasteiger partial charge in [0.2, 0.25) is 0 Å². The molecule has 0 aliphatic heterocycles. The number of hydroxylamine groups is 2. The number of hydrogen-bond donors (Lipinski definition) is 0. The predicted molar refractivity (Wildman–Crippen MR) is 86.8 cm³/mol. The van der Waals surface area contributed by atoms with E-state index in [1.54, 1.807) is 51.1 Å². The second kappa shape index (κ2) is 8.77. The van der Waals surface area contributed by atoms with Gasteiger partial charge in [0.1, 0.15) is 12.2 Å². The van der Waals surface area contributed by atoms with Crippen molar-refractivity contribution < 1.29 is 33.0 Å². The average molecular weight is 357 g/mol. The lowest BCUT2D eigenvalue weighted by atomic mass is 10.2. The second-order valence-corrected chi connectivity index (χ2v) is 6.33. The quantitative estimate of drug-likeness (QED) is 0.323. The molecule has 0 saturated carbocycles. The zero-order valence-corrected chi connectivity index (χ0v) is 15.1. The van der Waals surface area contributed by atoms with E-state index in [-0.39, 0.29) is 11.7 Å². The van der Waals surface area contributed by atoms with Gasteiger partial charge in [-0.2, -0.15) is 0 Å². The number of amides is 1. The third-order valence-corrected chi connectivity index (χ3v) is 2.83. The molecule has 0 bridgehead atoms. The molecular formula is C17H24FNO6. The number of nitrogens with zero attached hydrogens (tertiary/aromatic N) is 1. The Morgan fingerprint density at radius 2 is 1.72 bits per heavy atom. The van der Waals surface area contributed by atoms with E-state index in [0.717, 1.165) is 6.92 Å². The highest BCUT2D eigenvalue weighted by molar-refractivity contribution is 5.83. The molecular weight excluding hydrogens is 333 g/mol. The van der Waals surface area contributed by atoms with E-state index in [1.807, 2.05) is 0 Å². The van der Waals surface area contributed by atoms with Gasteiger partial charge in [0.25, 0.3) is 0 Å². The normalized spacial score (nSPS) is 13.7. The van der Waals surface area contributed by atoms with Gasteiger partial charge in [0.15, 0.2) is 6.79 Å². The van der Waals surface area contributed by atoms with Crippen LogP contribution < -0.4 is 0 Å². The molecule has 140 valence electrons. The van der Waals surface area contributed by atoms with Crippen LogP contribution >= 0.6 is 0 Å². The minimum Gasteiger partial charge on any atom is -0.457 e. The molecule has 7 nitrogen and oxygen atoms in total. The summed E-state index contributed by atoms with van der Waals surface area (Å²) in [5, 5.41) is 0.176. The Morgan fingerprint density at radius 1 is 1.12 bits per heavy atom. The van der Waals surface area contributed by atoms with E-state index in [0.29, 0.717) is 5.56 Å². The maximum absolute atomic E-state index is 15.0. The number of alkyl halides is 1.